The molecule has 0 amide bonds. The van der Waals surface area contributed by atoms with Gasteiger partial charge in [0.25, 0.3) is 0 Å². The number of benzene rings is 1. The van der Waals surface area contributed by atoms with E-state index >= 15 is 0 Å². The molecule has 0 aliphatic carbocycles. The Morgan fingerprint density at radius 1 is 1.36 bits per heavy atom. The van der Waals surface area contributed by atoms with Crippen LogP contribution < -0.4 is 5.73 Å². The minimum atomic E-state index is -4.25. The van der Waals surface area contributed by atoms with Crippen LogP contribution in [-0.2, 0) is 0 Å². The number of hydrogen-bond donors (Lipinski definition) is 1. The lowest BCUT2D eigenvalue weighted by Gasteiger charge is -2.14. The summed E-state index contributed by atoms with van der Waals surface area (Å²) < 4.78 is 35.9. The van der Waals surface area contributed by atoms with E-state index in [9.17, 15) is 13.2 Å². The fourth-order valence-corrected chi connectivity index (χ4v) is 1.30. The molecule has 0 aliphatic rings. The molecule has 0 spiro atoms. The maximum absolute atomic E-state index is 12.0. The minimum absolute atomic E-state index is 0.389. The Kier molecular flexibility index (Phi) is 3.39. The molecule has 1 atom stereocenters. The van der Waals surface area contributed by atoms with E-state index < -0.39 is 18.6 Å². The molecule has 1 aromatic rings. The predicted molar refractivity (Wildman–Crippen MR) is 49.1 cm³/mol. The van der Waals surface area contributed by atoms with Gasteiger partial charge in [-0.3, -0.25) is 0 Å². The van der Waals surface area contributed by atoms with Crippen LogP contribution in [0.2, 0.25) is 5.02 Å². The molecule has 0 fully saturated rings. The lowest BCUT2D eigenvalue weighted by atomic mass is 10.0. The number of nitrogens with two attached hydrogens (primary N) is 1. The Morgan fingerprint density at radius 3 is 2.50 bits per heavy atom. The molecule has 1 aromatic carbocycles. The largest absolute Gasteiger partial charge is 0.390 e. The van der Waals surface area contributed by atoms with Crippen molar-refractivity contribution >= 4 is 11.6 Å². The standard InChI is InChI=1S/C9H9ClF3N/c10-7-3-1-2-6(4-7)8(14)5-9(11,12)13/h1-4,8H,5,14H2/t8-/m1/s1. The fourth-order valence-electron chi connectivity index (χ4n) is 1.10. The van der Waals surface area contributed by atoms with E-state index in [0.29, 0.717) is 10.6 Å². The van der Waals surface area contributed by atoms with Gasteiger partial charge in [0.05, 0.1) is 6.42 Å². The quantitative estimate of drug-likeness (QED) is 0.818. The highest BCUT2D eigenvalue weighted by molar-refractivity contribution is 6.30. The molecule has 0 aliphatic heterocycles. The predicted octanol–water partition coefficient (Wildman–Crippen LogP) is 3.29. The summed E-state index contributed by atoms with van der Waals surface area (Å²) in [7, 11) is 0. The minimum Gasteiger partial charge on any atom is -0.324 e. The van der Waals surface area contributed by atoms with Gasteiger partial charge in [-0.25, -0.2) is 0 Å². The van der Waals surface area contributed by atoms with Gasteiger partial charge in [-0.1, -0.05) is 23.7 Å². The Balaban J connectivity index is 2.74. The molecule has 0 bridgehead atoms. The second-order valence-electron chi connectivity index (χ2n) is 2.98. The molecule has 0 aromatic heterocycles. The van der Waals surface area contributed by atoms with Crippen LogP contribution in [0.1, 0.15) is 18.0 Å². The molecule has 14 heavy (non-hydrogen) atoms. The lowest BCUT2D eigenvalue weighted by molar-refractivity contribution is -0.138. The van der Waals surface area contributed by atoms with E-state index in [0.717, 1.165) is 0 Å². The average molecular weight is 224 g/mol. The smallest absolute Gasteiger partial charge is 0.324 e. The van der Waals surface area contributed by atoms with Gasteiger partial charge in [0, 0.05) is 11.1 Å². The molecule has 0 saturated heterocycles. The van der Waals surface area contributed by atoms with E-state index in [1.165, 1.54) is 12.1 Å². The maximum atomic E-state index is 12.0. The van der Waals surface area contributed by atoms with Crippen LogP contribution in [0.15, 0.2) is 24.3 Å². The van der Waals surface area contributed by atoms with E-state index in [1.54, 1.807) is 12.1 Å². The Hall–Kier alpha value is -0.740. The van der Waals surface area contributed by atoms with Crippen molar-refractivity contribution in [2.24, 2.45) is 5.73 Å². The molecule has 0 saturated carbocycles. The van der Waals surface area contributed by atoms with Crippen molar-refractivity contribution in [3.05, 3.63) is 34.9 Å². The Morgan fingerprint density at radius 2 is 2.00 bits per heavy atom. The van der Waals surface area contributed by atoms with Gasteiger partial charge in [-0.2, -0.15) is 13.2 Å². The first-order valence-electron chi connectivity index (χ1n) is 3.96. The third-order valence-corrected chi connectivity index (χ3v) is 1.96. The first-order chi connectivity index (χ1) is 6.38. The zero-order valence-corrected chi connectivity index (χ0v) is 7.94. The number of halogens is 4. The zero-order chi connectivity index (χ0) is 10.8. The van der Waals surface area contributed by atoms with Crippen LogP contribution in [0.5, 0.6) is 0 Å². The molecular formula is C9H9ClF3N. The zero-order valence-electron chi connectivity index (χ0n) is 7.18. The van der Waals surface area contributed by atoms with E-state index in [4.69, 9.17) is 17.3 Å². The summed E-state index contributed by atoms with van der Waals surface area (Å²) in [5.74, 6) is 0. The molecule has 5 heteroatoms. The second kappa shape index (κ2) is 4.19. The topological polar surface area (TPSA) is 26.0 Å². The van der Waals surface area contributed by atoms with Gasteiger partial charge >= 0.3 is 6.18 Å². The summed E-state index contributed by atoms with van der Waals surface area (Å²) in [6, 6.07) is 5.09. The summed E-state index contributed by atoms with van der Waals surface area (Å²) in [6.45, 7) is 0. The summed E-state index contributed by atoms with van der Waals surface area (Å²) in [5.41, 5.74) is 5.77. The highest BCUT2D eigenvalue weighted by Gasteiger charge is 2.30. The number of rotatable bonds is 2. The van der Waals surface area contributed by atoms with Crippen LogP contribution in [0.3, 0.4) is 0 Å². The molecule has 1 nitrogen and oxygen atoms in total. The van der Waals surface area contributed by atoms with Crippen LogP contribution in [-0.4, -0.2) is 6.18 Å². The molecular weight excluding hydrogens is 215 g/mol. The first-order valence-corrected chi connectivity index (χ1v) is 4.34. The van der Waals surface area contributed by atoms with E-state index in [2.05, 4.69) is 0 Å². The normalized spacial score (nSPS) is 14.1. The van der Waals surface area contributed by atoms with Crippen LogP contribution in [0.4, 0.5) is 13.2 Å². The van der Waals surface area contributed by atoms with Crippen LogP contribution in [0.25, 0.3) is 0 Å². The number of alkyl halides is 3. The van der Waals surface area contributed by atoms with Crippen molar-refractivity contribution in [2.45, 2.75) is 18.6 Å². The summed E-state index contributed by atoms with van der Waals surface area (Å²) in [4.78, 5) is 0. The van der Waals surface area contributed by atoms with Gasteiger partial charge < -0.3 is 5.73 Å². The molecule has 0 unspecified atom stereocenters. The van der Waals surface area contributed by atoms with Crippen molar-refractivity contribution in [1.82, 2.24) is 0 Å². The molecule has 1 rings (SSSR count). The van der Waals surface area contributed by atoms with Crippen molar-refractivity contribution in [1.29, 1.82) is 0 Å². The summed E-state index contributed by atoms with van der Waals surface area (Å²) >= 11 is 5.62. The molecule has 0 heterocycles. The monoisotopic (exact) mass is 223 g/mol. The SMILES string of the molecule is N[C@H](CC(F)(F)F)c1cccc(Cl)c1. The van der Waals surface area contributed by atoms with Crippen molar-refractivity contribution < 1.29 is 13.2 Å². The fraction of sp³-hybridized carbons (Fsp3) is 0.333. The summed E-state index contributed by atoms with van der Waals surface area (Å²) in [6.07, 6.45) is -5.28. The molecule has 2 N–H and O–H groups in total. The van der Waals surface area contributed by atoms with Crippen molar-refractivity contribution in [3.8, 4) is 0 Å². The van der Waals surface area contributed by atoms with Crippen molar-refractivity contribution in [3.63, 3.8) is 0 Å². The van der Waals surface area contributed by atoms with Gasteiger partial charge in [0.2, 0.25) is 0 Å². The van der Waals surface area contributed by atoms with Gasteiger partial charge in [-0.05, 0) is 17.7 Å². The van der Waals surface area contributed by atoms with Gasteiger partial charge in [0.15, 0.2) is 0 Å². The highest BCUT2D eigenvalue weighted by atomic mass is 35.5. The second-order valence-corrected chi connectivity index (χ2v) is 3.42. The number of hydrogen-bond acceptors (Lipinski definition) is 1. The lowest BCUT2D eigenvalue weighted by Crippen LogP contribution is -2.20. The third-order valence-electron chi connectivity index (χ3n) is 1.73. The van der Waals surface area contributed by atoms with Gasteiger partial charge in [0.1, 0.15) is 0 Å². The Bertz CT molecular complexity index is 311. The molecule has 0 radical (unpaired) electrons. The van der Waals surface area contributed by atoms with Crippen LogP contribution in [0, 0.1) is 0 Å². The molecule has 78 valence electrons. The average Bonchev–Trinajstić information content (AvgIpc) is 2.01. The highest BCUT2D eigenvalue weighted by Crippen LogP contribution is 2.28. The summed E-state index contributed by atoms with van der Waals surface area (Å²) in [5, 5.41) is 0.389. The third kappa shape index (κ3) is 3.55. The Labute approximate surface area is 84.7 Å². The first kappa shape index (κ1) is 11.3. The van der Waals surface area contributed by atoms with E-state index in [-0.39, 0.29) is 0 Å². The van der Waals surface area contributed by atoms with E-state index in [1.807, 2.05) is 0 Å². The maximum Gasteiger partial charge on any atom is 0.390 e. The van der Waals surface area contributed by atoms with Crippen molar-refractivity contribution in [2.75, 3.05) is 0 Å². The van der Waals surface area contributed by atoms with Gasteiger partial charge in [-0.15, -0.1) is 0 Å². The van der Waals surface area contributed by atoms with Crippen LogP contribution >= 0.6 is 11.6 Å².